The number of hydrogen-bond donors (Lipinski definition) is 0. The van der Waals surface area contributed by atoms with Crippen LogP contribution in [0.2, 0.25) is 0 Å². The van der Waals surface area contributed by atoms with E-state index < -0.39 is 0 Å². The number of rotatable bonds is 1. The highest BCUT2D eigenvalue weighted by Gasteiger charge is 2.34. The van der Waals surface area contributed by atoms with Crippen molar-refractivity contribution in [3.8, 4) is 0 Å². The van der Waals surface area contributed by atoms with Gasteiger partial charge in [0.2, 0.25) is 0 Å². The maximum atomic E-state index is 6.07. The molecule has 0 aliphatic carbocycles. The standard InChI is InChI=1S/C10H11BO/c1-8-3-2-4-9(5-8)10(11)6-12-7-10/h2-5H,6-7H2,1H3. The third-order valence-electron chi connectivity index (χ3n) is 2.31. The predicted octanol–water partition coefficient (Wildman–Crippen LogP) is 1.39. The van der Waals surface area contributed by atoms with E-state index in [0.717, 1.165) is 0 Å². The van der Waals surface area contributed by atoms with E-state index in [0.29, 0.717) is 13.2 Å². The Morgan fingerprint density at radius 1 is 1.42 bits per heavy atom. The molecule has 1 aromatic carbocycles. The van der Waals surface area contributed by atoms with Crippen LogP contribution in [0.1, 0.15) is 11.1 Å². The molecule has 0 aromatic heterocycles. The summed E-state index contributed by atoms with van der Waals surface area (Å²) in [5.41, 5.74) is 2.44. The summed E-state index contributed by atoms with van der Waals surface area (Å²) in [5, 5.41) is -0.216. The van der Waals surface area contributed by atoms with Crippen LogP contribution in [0.15, 0.2) is 24.3 Å². The first-order valence-corrected chi connectivity index (χ1v) is 4.14. The van der Waals surface area contributed by atoms with Crippen molar-refractivity contribution < 1.29 is 4.74 Å². The molecular formula is C10H11BO. The summed E-state index contributed by atoms with van der Waals surface area (Å²) in [4.78, 5) is 0. The van der Waals surface area contributed by atoms with E-state index in [9.17, 15) is 0 Å². The monoisotopic (exact) mass is 158 g/mol. The summed E-state index contributed by atoms with van der Waals surface area (Å²) in [6.07, 6.45) is 0. The van der Waals surface area contributed by atoms with Crippen molar-refractivity contribution in [3.05, 3.63) is 35.4 Å². The fraction of sp³-hybridized carbons (Fsp3) is 0.400. The van der Waals surface area contributed by atoms with Gasteiger partial charge in [0.15, 0.2) is 0 Å². The van der Waals surface area contributed by atoms with Gasteiger partial charge in [-0.05, 0) is 12.5 Å². The van der Waals surface area contributed by atoms with Crippen LogP contribution in [0.3, 0.4) is 0 Å². The third-order valence-corrected chi connectivity index (χ3v) is 2.31. The SMILES string of the molecule is [B]C1(c2cccc(C)c2)COC1. The molecular weight excluding hydrogens is 147 g/mol. The van der Waals surface area contributed by atoms with Crippen LogP contribution >= 0.6 is 0 Å². The van der Waals surface area contributed by atoms with Gasteiger partial charge in [0.1, 0.15) is 0 Å². The van der Waals surface area contributed by atoms with Gasteiger partial charge in [0.05, 0.1) is 21.1 Å². The molecule has 1 nitrogen and oxygen atoms in total. The number of benzene rings is 1. The second-order valence-electron chi connectivity index (χ2n) is 3.52. The van der Waals surface area contributed by atoms with Crippen molar-refractivity contribution in [3.63, 3.8) is 0 Å². The number of ether oxygens (including phenoxy) is 1. The number of aryl methyl sites for hydroxylation is 1. The lowest BCUT2D eigenvalue weighted by Crippen LogP contribution is -2.47. The van der Waals surface area contributed by atoms with E-state index in [1.54, 1.807) is 0 Å². The second kappa shape index (κ2) is 2.63. The molecule has 1 aromatic rings. The van der Waals surface area contributed by atoms with Gasteiger partial charge in [0, 0.05) is 5.31 Å². The zero-order valence-corrected chi connectivity index (χ0v) is 7.21. The molecule has 1 saturated heterocycles. The predicted molar refractivity (Wildman–Crippen MR) is 49.4 cm³/mol. The Kier molecular flexibility index (Phi) is 1.73. The molecule has 0 bridgehead atoms. The van der Waals surface area contributed by atoms with Crippen LogP contribution in [0.25, 0.3) is 0 Å². The molecule has 0 spiro atoms. The maximum Gasteiger partial charge on any atom is 0.0874 e. The van der Waals surface area contributed by atoms with Crippen LogP contribution in [-0.2, 0) is 10.1 Å². The zero-order valence-electron chi connectivity index (χ0n) is 7.21. The maximum absolute atomic E-state index is 6.07. The molecule has 0 amide bonds. The molecule has 60 valence electrons. The normalized spacial score (nSPS) is 20.1. The first kappa shape index (κ1) is 7.87. The molecule has 1 heterocycles. The Morgan fingerprint density at radius 2 is 2.17 bits per heavy atom. The summed E-state index contributed by atoms with van der Waals surface area (Å²) in [6, 6.07) is 8.31. The minimum absolute atomic E-state index is 0.216. The molecule has 0 N–H and O–H groups in total. The van der Waals surface area contributed by atoms with Gasteiger partial charge in [-0.15, -0.1) is 0 Å². The topological polar surface area (TPSA) is 9.23 Å². The van der Waals surface area contributed by atoms with Crippen molar-refractivity contribution in [1.29, 1.82) is 0 Å². The van der Waals surface area contributed by atoms with E-state index >= 15 is 0 Å². The Balaban J connectivity index is 2.33. The van der Waals surface area contributed by atoms with Crippen LogP contribution < -0.4 is 0 Å². The van der Waals surface area contributed by atoms with Gasteiger partial charge < -0.3 is 4.74 Å². The minimum Gasteiger partial charge on any atom is -0.381 e. The van der Waals surface area contributed by atoms with Crippen molar-refractivity contribution in [2.24, 2.45) is 0 Å². The van der Waals surface area contributed by atoms with E-state index in [1.807, 2.05) is 6.07 Å². The molecule has 1 aliphatic heterocycles. The van der Waals surface area contributed by atoms with Gasteiger partial charge in [-0.25, -0.2) is 0 Å². The highest BCUT2D eigenvalue weighted by molar-refractivity contribution is 6.16. The highest BCUT2D eigenvalue weighted by Crippen LogP contribution is 2.28. The first-order valence-electron chi connectivity index (χ1n) is 4.14. The van der Waals surface area contributed by atoms with Gasteiger partial charge in [-0.3, -0.25) is 0 Å². The van der Waals surface area contributed by atoms with Crippen molar-refractivity contribution in [2.75, 3.05) is 13.2 Å². The molecule has 12 heavy (non-hydrogen) atoms. The van der Waals surface area contributed by atoms with Gasteiger partial charge in [-0.2, -0.15) is 0 Å². The smallest absolute Gasteiger partial charge is 0.0874 e. The van der Waals surface area contributed by atoms with Crippen LogP contribution in [0.4, 0.5) is 0 Å². The van der Waals surface area contributed by atoms with E-state index in [4.69, 9.17) is 12.6 Å². The summed E-state index contributed by atoms with van der Waals surface area (Å²) in [5.74, 6) is 0. The molecule has 1 fully saturated rings. The summed E-state index contributed by atoms with van der Waals surface area (Å²) in [6.45, 7) is 3.37. The third kappa shape index (κ3) is 1.16. The van der Waals surface area contributed by atoms with Crippen molar-refractivity contribution >= 4 is 7.85 Å². The van der Waals surface area contributed by atoms with Crippen molar-refractivity contribution in [2.45, 2.75) is 12.2 Å². The van der Waals surface area contributed by atoms with E-state index in [2.05, 4.69) is 25.1 Å². The second-order valence-corrected chi connectivity index (χ2v) is 3.52. The molecule has 2 heteroatoms. The fourth-order valence-electron chi connectivity index (χ4n) is 1.44. The van der Waals surface area contributed by atoms with E-state index in [1.165, 1.54) is 11.1 Å². The molecule has 0 atom stereocenters. The lowest BCUT2D eigenvalue weighted by molar-refractivity contribution is -0.0156. The molecule has 0 unspecified atom stereocenters. The van der Waals surface area contributed by atoms with Crippen LogP contribution in [-0.4, -0.2) is 21.1 Å². The molecule has 2 rings (SSSR count). The minimum atomic E-state index is -0.216. The highest BCUT2D eigenvalue weighted by atomic mass is 16.5. The number of hydrogen-bond acceptors (Lipinski definition) is 1. The van der Waals surface area contributed by atoms with Gasteiger partial charge in [-0.1, -0.05) is 29.8 Å². The largest absolute Gasteiger partial charge is 0.381 e. The lowest BCUT2D eigenvalue weighted by atomic mass is 9.62. The van der Waals surface area contributed by atoms with Crippen LogP contribution in [0.5, 0.6) is 0 Å². The van der Waals surface area contributed by atoms with Crippen LogP contribution in [0, 0.1) is 6.92 Å². The quantitative estimate of drug-likeness (QED) is 0.561. The van der Waals surface area contributed by atoms with Gasteiger partial charge in [0.25, 0.3) is 0 Å². The first-order chi connectivity index (χ1) is 5.71. The Morgan fingerprint density at radius 3 is 2.67 bits per heavy atom. The van der Waals surface area contributed by atoms with E-state index in [-0.39, 0.29) is 5.31 Å². The summed E-state index contributed by atoms with van der Waals surface area (Å²) in [7, 11) is 6.07. The Bertz CT molecular complexity index is 292. The molecule has 1 aliphatic rings. The molecule has 0 saturated carbocycles. The summed E-state index contributed by atoms with van der Waals surface area (Å²) < 4.78 is 5.11. The zero-order chi connectivity index (χ0) is 8.60. The molecule has 2 radical (unpaired) electrons. The fourth-order valence-corrected chi connectivity index (χ4v) is 1.44. The average Bonchev–Trinajstić information content (AvgIpc) is 2.00. The Labute approximate surface area is 74.2 Å². The van der Waals surface area contributed by atoms with Gasteiger partial charge >= 0.3 is 0 Å². The van der Waals surface area contributed by atoms with Crippen molar-refractivity contribution in [1.82, 2.24) is 0 Å². The lowest BCUT2D eigenvalue weighted by Gasteiger charge is -2.39. The summed E-state index contributed by atoms with van der Waals surface area (Å²) >= 11 is 0. The average molecular weight is 158 g/mol. The Hall–Kier alpha value is -0.755.